The summed E-state index contributed by atoms with van der Waals surface area (Å²) in [5.41, 5.74) is 1.92. The largest absolute Gasteiger partial charge is 0.714 e. The molecule has 0 heterocycles. The van der Waals surface area contributed by atoms with E-state index in [0.717, 1.165) is 16.9 Å². The fourth-order valence-corrected chi connectivity index (χ4v) is 5.73. The summed E-state index contributed by atoms with van der Waals surface area (Å²) in [5.74, 6) is 0.126. The highest BCUT2D eigenvalue weighted by atomic mass is 32.4. The third-order valence-corrected chi connectivity index (χ3v) is 10.3. The van der Waals surface area contributed by atoms with Crippen molar-refractivity contribution in [2.45, 2.75) is 5.85 Å². The highest BCUT2D eigenvalue weighted by molar-refractivity contribution is 8.02. The van der Waals surface area contributed by atoms with Crippen LogP contribution in [0, 0.1) is 0 Å². The smallest absolute Gasteiger partial charge is 0.497 e. The molecule has 42 heavy (non-hydrogen) atoms. The van der Waals surface area contributed by atoms with Crippen molar-refractivity contribution in [1.29, 1.82) is 0 Å². The van der Waals surface area contributed by atoms with Gasteiger partial charge in [-0.3, -0.25) is 9.09 Å². The summed E-state index contributed by atoms with van der Waals surface area (Å²) in [5, 5.41) is 18.8. The number of hydrogen-bond acceptors (Lipinski definition) is 11. The first kappa shape index (κ1) is 33.2. The number of ether oxygens (including phenoxy) is 1. The summed E-state index contributed by atoms with van der Waals surface area (Å²) in [4.78, 5) is 0. The molecule has 0 aliphatic rings. The van der Waals surface area contributed by atoms with Crippen molar-refractivity contribution < 1.29 is 37.1 Å². The summed E-state index contributed by atoms with van der Waals surface area (Å²) in [6.45, 7) is 0. The quantitative estimate of drug-likeness (QED) is 0.113. The van der Waals surface area contributed by atoms with Gasteiger partial charge in [0.05, 0.1) is 33.6 Å². The molecule has 16 heteroatoms. The standard InChI is InChI=1S/C26H31N4O8P3S/c1-29(39(32)37-24-16-10-22(11-17-24)26(31)41(33,35-4)36-5)27-18-21-8-14-25(15-9-21)38-40(42)30(2)28-19-20-6-12-23(34-3)13-7-20/h6-19,26,31H,1-5H3/q+2/b27-18+,28-19+. The Bertz CT molecular complexity index is 1450. The average Bonchev–Trinajstić information content (AvgIpc) is 3.02. The molecule has 0 aromatic heterocycles. The van der Waals surface area contributed by atoms with Crippen LogP contribution in [0.5, 0.6) is 17.2 Å². The number of aliphatic hydroxyl groups excluding tert-OH is 1. The number of rotatable bonds is 15. The van der Waals surface area contributed by atoms with Gasteiger partial charge in [0.2, 0.25) is 11.8 Å². The Balaban J connectivity index is 1.50. The van der Waals surface area contributed by atoms with Crippen LogP contribution in [0.3, 0.4) is 0 Å². The van der Waals surface area contributed by atoms with Crippen LogP contribution in [0.2, 0.25) is 0 Å². The van der Waals surface area contributed by atoms with Crippen LogP contribution in [0.25, 0.3) is 0 Å². The second-order valence-corrected chi connectivity index (χ2v) is 14.0. The van der Waals surface area contributed by atoms with Crippen molar-refractivity contribution in [2.24, 2.45) is 10.2 Å². The van der Waals surface area contributed by atoms with E-state index in [0.29, 0.717) is 11.3 Å². The molecule has 0 amide bonds. The van der Waals surface area contributed by atoms with Crippen molar-refractivity contribution in [2.75, 3.05) is 35.4 Å². The first-order valence-electron chi connectivity index (χ1n) is 12.2. The van der Waals surface area contributed by atoms with Gasteiger partial charge in [0, 0.05) is 18.8 Å². The first-order valence-corrected chi connectivity index (χ1v) is 17.1. The maximum absolute atomic E-state index is 12.6. The van der Waals surface area contributed by atoms with Crippen molar-refractivity contribution in [3.8, 4) is 17.2 Å². The zero-order chi connectivity index (χ0) is 30.7. The summed E-state index contributed by atoms with van der Waals surface area (Å²) >= 11 is 5.46. The van der Waals surface area contributed by atoms with E-state index in [-0.39, 0.29) is 5.75 Å². The lowest BCUT2D eigenvalue weighted by Gasteiger charge is -2.19. The highest BCUT2D eigenvalue weighted by Gasteiger charge is 2.34. The van der Waals surface area contributed by atoms with Crippen molar-refractivity contribution >= 4 is 47.1 Å². The lowest BCUT2D eigenvalue weighted by atomic mass is 10.2. The van der Waals surface area contributed by atoms with Gasteiger partial charge in [0.25, 0.3) is 0 Å². The van der Waals surface area contributed by atoms with Crippen LogP contribution in [-0.2, 0) is 30.0 Å². The maximum Gasteiger partial charge on any atom is 0.714 e. The Labute approximate surface area is 251 Å². The number of methoxy groups -OCH3 is 1. The van der Waals surface area contributed by atoms with E-state index in [1.807, 2.05) is 24.3 Å². The van der Waals surface area contributed by atoms with Gasteiger partial charge < -0.3 is 18.9 Å². The van der Waals surface area contributed by atoms with E-state index in [1.54, 1.807) is 49.4 Å². The normalized spacial score (nSPS) is 13.1. The highest BCUT2D eigenvalue weighted by Crippen LogP contribution is 2.58. The SMILES string of the molecule is COc1ccc(/C=N/N(C)[P+](=S)Oc2ccc(/C=N/N(C)[P+](=O)Oc3ccc(C(O)P(=O)(OC)OC)cc3)cc2)cc1. The molecule has 3 unspecified atom stereocenters. The minimum Gasteiger partial charge on any atom is -0.497 e. The van der Waals surface area contributed by atoms with Crippen molar-refractivity contribution in [3.05, 3.63) is 89.5 Å². The summed E-state index contributed by atoms with van der Waals surface area (Å²) in [6, 6.07) is 20.4. The number of aliphatic hydroxyl groups is 1. The molecule has 0 bridgehead atoms. The summed E-state index contributed by atoms with van der Waals surface area (Å²) in [7, 11) is -0.275. The third-order valence-electron chi connectivity index (χ3n) is 5.57. The van der Waals surface area contributed by atoms with Crippen LogP contribution >= 0.6 is 22.8 Å². The molecule has 0 radical (unpaired) electrons. The van der Waals surface area contributed by atoms with E-state index in [1.165, 1.54) is 56.5 Å². The van der Waals surface area contributed by atoms with Gasteiger partial charge in [-0.2, -0.15) is 0 Å². The van der Waals surface area contributed by atoms with Gasteiger partial charge in [-0.25, -0.2) is 4.52 Å². The fourth-order valence-electron chi connectivity index (χ4n) is 3.15. The molecule has 222 valence electrons. The molecular formula is C26H31N4O8P3S+2. The predicted molar refractivity (Wildman–Crippen MR) is 166 cm³/mol. The molecule has 12 nitrogen and oxygen atoms in total. The monoisotopic (exact) mass is 652 g/mol. The van der Waals surface area contributed by atoms with Crippen LogP contribution in [-0.4, -0.2) is 62.5 Å². The minimum atomic E-state index is -3.71. The van der Waals surface area contributed by atoms with Gasteiger partial charge >= 0.3 is 22.8 Å². The summed E-state index contributed by atoms with van der Waals surface area (Å²) in [6.07, 6.45) is 3.22. The van der Waals surface area contributed by atoms with Crippen LogP contribution in [0.4, 0.5) is 0 Å². The van der Waals surface area contributed by atoms with E-state index < -0.39 is 28.7 Å². The van der Waals surface area contributed by atoms with Gasteiger partial charge in [-0.05, 0) is 82.1 Å². The zero-order valence-electron chi connectivity index (χ0n) is 23.5. The molecular weight excluding hydrogens is 621 g/mol. The summed E-state index contributed by atoms with van der Waals surface area (Å²) < 4.78 is 53.7. The Morgan fingerprint density at radius 3 is 1.74 bits per heavy atom. The predicted octanol–water partition coefficient (Wildman–Crippen LogP) is 6.29. The Morgan fingerprint density at radius 1 is 0.786 bits per heavy atom. The second kappa shape index (κ2) is 15.8. The molecule has 0 saturated carbocycles. The molecule has 0 fully saturated rings. The lowest BCUT2D eigenvalue weighted by molar-refractivity contribution is 0.176. The minimum absolute atomic E-state index is 0.263. The Morgan fingerprint density at radius 2 is 1.24 bits per heavy atom. The zero-order valence-corrected chi connectivity index (χ0v) is 27.0. The average molecular weight is 653 g/mol. The van der Waals surface area contributed by atoms with Gasteiger partial charge in [0.15, 0.2) is 17.3 Å². The molecule has 0 aliphatic heterocycles. The number of hydrazone groups is 2. The van der Waals surface area contributed by atoms with Crippen LogP contribution in [0.1, 0.15) is 22.5 Å². The fraction of sp³-hybridized carbons (Fsp3) is 0.231. The Kier molecular flexibility index (Phi) is 12.5. The maximum atomic E-state index is 12.6. The van der Waals surface area contributed by atoms with E-state index in [9.17, 15) is 14.2 Å². The van der Waals surface area contributed by atoms with E-state index >= 15 is 0 Å². The number of benzene rings is 3. The van der Waals surface area contributed by atoms with Gasteiger partial charge in [-0.15, -0.1) is 10.2 Å². The van der Waals surface area contributed by atoms with Crippen molar-refractivity contribution in [1.82, 2.24) is 9.56 Å². The first-order chi connectivity index (χ1) is 20.1. The number of hydrogen-bond donors (Lipinski definition) is 1. The molecule has 3 rings (SSSR count). The van der Waals surface area contributed by atoms with Crippen LogP contribution in [0.15, 0.2) is 83.0 Å². The molecule has 0 aliphatic carbocycles. The van der Waals surface area contributed by atoms with Gasteiger partial charge in [0.1, 0.15) is 5.75 Å². The van der Waals surface area contributed by atoms with Crippen LogP contribution < -0.4 is 13.8 Å². The van der Waals surface area contributed by atoms with E-state index in [2.05, 4.69) is 10.2 Å². The van der Waals surface area contributed by atoms with Crippen molar-refractivity contribution in [3.63, 3.8) is 0 Å². The second-order valence-electron chi connectivity index (χ2n) is 8.32. The lowest BCUT2D eigenvalue weighted by Crippen LogP contribution is -2.04. The topological polar surface area (TPSA) is 132 Å². The third kappa shape index (κ3) is 9.37. The molecule has 1 N–H and O–H groups in total. The molecule has 0 saturated heterocycles. The molecule has 3 aromatic rings. The van der Waals surface area contributed by atoms with Gasteiger partial charge in [-0.1, -0.05) is 16.9 Å². The Hall–Kier alpha value is -3.27. The van der Waals surface area contributed by atoms with E-state index in [4.69, 9.17) is 34.6 Å². The molecule has 3 aromatic carbocycles. The molecule has 0 spiro atoms. The number of nitrogens with zero attached hydrogens (tertiary/aromatic N) is 4. The molecule has 3 atom stereocenters.